The number of aliphatic hydroxyl groups excluding tert-OH is 2. The summed E-state index contributed by atoms with van der Waals surface area (Å²) >= 11 is 0. The Bertz CT molecular complexity index is 1430. The van der Waals surface area contributed by atoms with E-state index in [-0.39, 0.29) is 59.9 Å². The van der Waals surface area contributed by atoms with Crippen molar-refractivity contribution in [1.82, 2.24) is 0 Å². The molecule has 0 saturated heterocycles. The highest BCUT2D eigenvalue weighted by molar-refractivity contribution is 5.83. The van der Waals surface area contributed by atoms with Gasteiger partial charge in [-0.15, -0.1) is 0 Å². The average molecular weight is 567 g/mol. The van der Waals surface area contributed by atoms with Gasteiger partial charge in [-0.05, 0) is 59.6 Å². The van der Waals surface area contributed by atoms with Crippen molar-refractivity contribution in [1.29, 1.82) is 0 Å². The lowest BCUT2D eigenvalue weighted by Crippen LogP contribution is -2.32. The molecule has 0 unspecified atom stereocenters. The van der Waals surface area contributed by atoms with Crippen LogP contribution in [0.4, 0.5) is 0 Å². The van der Waals surface area contributed by atoms with Gasteiger partial charge in [-0.1, -0.05) is 26.3 Å². The van der Waals surface area contributed by atoms with Crippen LogP contribution in [0.25, 0.3) is 11.1 Å². The normalized spacial score (nSPS) is 19.1. The van der Waals surface area contributed by atoms with E-state index < -0.39 is 12.2 Å². The SMILES string of the molecule is COc1cc([C@@H]2Oc3cc(OCCO)c4c(c3C[C@H]2O)C[C@@H](CCC(C)C)c2cc(O)ccc2-4)c(O)c(OC)c1O. The molecule has 3 atom stereocenters. The number of ether oxygens (including phenoxy) is 4. The maximum Gasteiger partial charge on any atom is 0.207 e. The molecule has 0 amide bonds. The Morgan fingerprint density at radius 3 is 2.39 bits per heavy atom. The van der Waals surface area contributed by atoms with Crippen LogP contribution in [0.5, 0.6) is 40.2 Å². The first-order valence-electron chi connectivity index (χ1n) is 14.0. The monoisotopic (exact) mass is 566 g/mol. The Balaban J connectivity index is 1.65. The summed E-state index contributed by atoms with van der Waals surface area (Å²) in [5, 5.41) is 52.6. The maximum absolute atomic E-state index is 11.4. The molecular weight excluding hydrogens is 528 g/mol. The van der Waals surface area contributed by atoms with Gasteiger partial charge in [-0.25, -0.2) is 0 Å². The minimum Gasteiger partial charge on any atom is -0.508 e. The summed E-state index contributed by atoms with van der Waals surface area (Å²) in [6, 6.07) is 8.59. The molecule has 9 nitrogen and oxygen atoms in total. The van der Waals surface area contributed by atoms with Gasteiger partial charge >= 0.3 is 0 Å². The number of hydrogen-bond donors (Lipinski definition) is 5. The van der Waals surface area contributed by atoms with Crippen LogP contribution in [0.15, 0.2) is 30.3 Å². The van der Waals surface area contributed by atoms with Gasteiger partial charge < -0.3 is 44.5 Å². The number of aliphatic hydroxyl groups is 2. The maximum atomic E-state index is 11.4. The predicted octanol–water partition coefficient (Wildman–Crippen LogP) is 4.97. The van der Waals surface area contributed by atoms with Crippen LogP contribution in [-0.4, -0.2) is 59.1 Å². The highest BCUT2D eigenvalue weighted by Gasteiger charge is 2.39. The zero-order valence-electron chi connectivity index (χ0n) is 23.8. The van der Waals surface area contributed by atoms with Gasteiger partial charge in [0.2, 0.25) is 11.5 Å². The molecule has 220 valence electrons. The number of fused-ring (bicyclic) bond motifs is 5. The summed E-state index contributed by atoms with van der Waals surface area (Å²) in [4.78, 5) is 0. The summed E-state index contributed by atoms with van der Waals surface area (Å²) < 4.78 is 22.9. The quantitative estimate of drug-likeness (QED) is 0.243. The fourth-order valence-corrected chi connectivity index (χ4v) is 6.11. The number of methoxy groups -OCH3 is 2. The first kappa shape index (κ1) is 28.7. The predicted molar refractivity (Wildman–Crippen MR) is 153 cm³/mol. The second kappa shape index (κ2) is 11.6. The first-order valence-corrected chi connectivity index (χ1v) is 14.0. The van der Waals surface area contributed by atoms with Crippen LogP contribution in [0.3, 0.4) is 0 Å². The van der Waals surface area contributed by atoms with Crippen molar-refractivity contribution in [3.05, 3.63) is 52.6 Å². The van der Waals surface area contributed by atoms with Crippen molar-refractivity contribution < 1.29 is 44.5 Å². The second-order valence-electron chi connectivity index (χ2n) is 11.1. The van der Waals surface area contributed by atoms with Crippen LogP contribution in [0.2, 0.25) is 0 Å². The molecule has 5 rings (SSSR count). The highest BCUT2D eigenvalue weighted by Crippen LogP contribution is 2.54. The Kier molecular flexibility index (Phi) is 8.11. The third kappa shape index (κ3) is 5.20. The van der Waals surface area contributed by atoms with E-state index in [2.05, 4.69) is 13.8 Å². The Morgan fingerprint density at radius 2 is 1.71 bits per heavy atom. The van der Waals surface area contributed by atoms with Gasteiger partial charge in [0.1, 0.15) is 23.9 Å². The molecule has 1 heterocycles. The smallest absolute Gasteiger partial charge is 0.207 e. The lowest BCUT2D eigenvalue weighted by atomic mass is 9.73. The number of aromatic hydroxyl groups is 3. The fourth-order valence-electron chi connectivity index (χ4n) is 6.11. The summed E-state index contributed by atoms with van der Waals surface area (Å²) in [6.45, 7) is 4.29. The van der Waals surface area contributed by atoms with Crippen LogP contribution in [0.1, 0.15) is 61.0 Å². The van der Waals surface area contributed by atoms with E-state index in [1.54, 1.807) is 12.1 Å². The summed E-state index contributed by atoms with van der Waals surface area (Å²) in [7, 11) is 2.70. The standard InChI is InChI=1S/C32H38O9/c1-16(2)5-6-17-11-22-21-13-24(35)31(23-14-27(38-3)30(37)32(39-4)29(23)36)41-25(21)15-26(40-10-9-33)28(22)19-8-7-18(34)12-20(17)19/h7-8,12,14-17,24,31,33-37H,5-6,9-11,13H2,1-4H3/t17-,24-,31+/m1/s1. The lowest BCUT2D eigenvalue weighted by Gasteiger charge is -2.37. The third-order valence-corrected chi connectivity index (χ3v) is 8.08. The minimum atomic E-state index is -1.03. The molecule has 5 N–H and O–H groups in total. The van der Waals surface area contributed by atoms with Crippen molar-refractivity contribution in [2.24, 2.45) is 5.92 Å². The highest BCUT2D eigenvalue weighted by atomic mass is 16.5. The van der Waals surface area contributed by atoms with Crippen molar-refractivity contribution in [2.75, 3.05) is 27.4 Å². The molecule has 3 aromatic carbocycles. The molecule has 0 fully saturated rings. The van der Waals surface area contributed by atoms with E-state index in [9.17, 15) is 25.5 Å². The van der Waals surface area contributed by atoms with E-state index in [0.717, 1.165) is 40.7 Å². The molecular formula is C32H38O9. The third-order valence-electron chi connectivity index (χ3n) is 8.08. The van der Waals surface area contributed by atoms with Crippen molar-refractivity contribution >= 4 is 0 Å². The molecule has 0 radical (unpaired) electrons. The second-order valence-corrected chi connectivity index (χ2v) is 11.1. The van der Waals surface area contributed by atoms with Crippen molar-refractivity contribution in [3.63, 3.8) is 0 Å². The Morgan fingerprint density at radius 1 is 0.927 bits per heavy atom. The van der Waals surface area contributed by atoms with Crippen LogP contribution in [0, 0.1) is 5.92 Å². The Hall–Kier alpha value is -3.82. The van der Waals surface area contributed by atoms with Crippen LogP contribution in [-0.2, 0) is 12.8 Å². The molecule has 9 heteroatoms. The lowest BCUT2D eigenvalue weighted by molar-refractivity contribution is 0.0186. The van der Waals surface area contributed by atoms with Crippen LogP contribution >= 0.6 is 0 Å². The molecule has 3 aromatic rings. The van der Waals surface area contributed by atoms with Gasteiger partial charge in [0, 0.05) is 29.2 Å². The number of phenolic OH excluding ortho intramolecular Hbond substituents is 3. The topological polar surface area (TPSA) is 138 Å². The molecule has 41 heavy (non-hydrogen) atoms. The number of hydrogen-bond acceptors (Lipinski definition) is 9. The summed E-state index contributed by atoms with van der Waals surface area (Å²) in [5.74, 6) is 1.09. The van der Waals surface area contributed by atoms with E-state index in [4.69, 9.17) is 18.9 Å². The van der Waals surface area contributed by atoms with E-state index >= 15 is 0 Å². The largest absolute Gasteiger partial charge is 0.508 e. The summed E-state index contributed by atoms with van der Waals surface area (Å²) in [5.41, 5.74) is 4.94. The minimum absolute atomic E-state index is 0.0708. The first-order chi connectivity index (χ1) is 19.7. The van der Waals surface area contributed by atoms with Gasteiger partial charge in [0.25, 0.3) is 0 Å². The average Bonchev–Trinajstić information content (AvgIpc) is 2.95. The molecule has 1 aliphatic heterocycles. The zero-order chi connectivity index (χ0) is 29.4. The van der Waals surface area contributed by atoms with E-state index in [0.29, 0.717) is 23.8 Å². The molecule has 2 aliphatic rings. The molecule has 1 aliphatic carbocycles. The molecule has 0 aromatic heterocycles. The van der Waals surface area contributed by atoms with Gasteiger partial charge in [0.15, 0.2) is 17.6 Å². The zero-order valence-corrected chi connectivity index (χ0v) is 23.8. The van der Waals surface area contributed by atoms with E-state index in [1.165, 1.54) is 20.3 Å². The summed E-state index contributed by atoms with van der Waals surface area (Å²) in [6.07, 6.45) is 0.845. The van der Waals surface area contributed by atoms with E-state index in [1.807, 2.05) is 12.1 Å². The van der Waals surface area contributed by atoms with Gasteiger partial charge in [0.05, 0.1) is 26.9 Å². The molecule has 0 saturated carbocycles. The van der Waals surface area contributed by atoms with Crippen molar-refractivity contribution in [2.45, 2.75) is 57.7 Å². The Labute approximate surface area is 239 Å². The number of phenols is 3. The fraction of sp³-hybridized carbons (Fsp3) is 0.438. The number of rotatable bonds is 9. The molecule has 0 spiro atoms. The van der Waals surface area contributed by atoms with Crippen LogP contribution < -0.4 is 18.9 Å². The number of benzene rings is 3. The van der Waals surface area contributed by atoms with Gasteiger partial charge in [-0.3, -0.25) is 0 Å². The van der Waals surface area contributed by atoms with Gasteiger partial charge in [-0.2, -0.15) is 0 Å². The van der Waals surface area contributed by atoms with Crippen molar-refractivity contribution in [3.8, 4) is 51.4 Å². The molecule has 0 bridgehead atoms.